The van der Waals surface area contributed by atoms with Crippen LogP contribution in [-0.4, -0.2) is 149 Å². The van der Waals surface area contributed by atoms with Crippen LogP contribution >= 0.6 is 0 Å². The minimum Gasteiger partial charge on any atom is -0.459 e. The van der Waals surface area contributed by atoms with Crippen LogP contribution in [0.1, 0.15) is 58.9 Å². The number of benzene rings is 1. The smallest absolute Gasteiger partial charge is 0.331 e. The van der Waals surface area contributed by atoms with E-state index in [1.54, 1.807) is 6.08 Å². The molecule has 0 unspecified atom stereocenters. The predicted octanol–water partition coefficient (Wildman–Crippen LogP) is 0.285. The topological polar surface area (TPSA) is 245 Å². The first-order valence-corrected chi connectivity index (χ1v) is 19.7. The Labute approximate surface area is 334 Å². The summed E-state index contributed by atoms with van der Waals surface area (Å²) in [6.45, 7) is 5.39. The van der Waals surface area contributed by atoms with Crippen molar-refractivity contribution in [3.8, 4) is 0 Å². The zero-order chi connectivity index (χ0) is 41.5. The number of epoxide rings is 1. The van der Waals surface area contributed by atoms with E-state index in [2.05, 4.69) is 0 Å². The lowest BCUT2D eigenvalue weighted by atomic mass is 9.72. The molecule has 18 nitrogen and oxygen atoms in total. The largest absolute Gasteiger partial charge is 0.459 e. The normalized spacial score (nSPS) is 43.4. The number of hydrogen-bond acceptors (Lipinski definition) is 18. The van der Waals surface area contributed by atoms with Crippen molar-refractivity contribution in [1.29, 1.82) is 0 Å². The Morgan fingerprint density at radius 2 is 1.55 bits per heavy atom. The minimum atomic E-state index is -1.78. The first kappa shape index (κ1) is 42.6. The first-order chi connectivity index (χ1) is 27.6. The number of fused-ring (bicyclic) bond motifs is 3. The summed E-state index contributed by atoms with van der Waals surface area (Å²) < 4.78 is 59.1. The Morgan fingerprint density at radius 3 is 2.22 bits per heavy atom. The van der Waals surface area contributed by atoms with Crippen LogP contribution in [0.3, 0.4) is 0 Å². The number of carbonyl (C=O) groups is 4. The molecular weight excluding hydrogens is 768 g/mol. The third-order valence-electron chi connectivity index (χ3n) is 12.0. The maximum atomic E-state index is 14.0. The molecule has 1 aromatic rings. The van der Waals surface area contributed by atoms with Gasteiger partial charge in [0, 0.05) is 38.2 Å². The predicted molar refractivity (Wildman–Crippen MR) is 192 cm³/mol. The van der Waals surface area contributed by atoms with Gasteiger partial charge in [0.25, 0.3) is 0 Å². The molecule has 320 valence electrons. The van der Waals surface area contributed by atoms with Gasteiger partial charge in [-0.15, -0.1) is 0 Å². The minimum absolute atomic E-state index is 0.131. The van der Waals surface area contributed by atoms with Crippen LogP contribution in [0.2, 0.25) is 0 Å². The summed E-state index contributed by atoms with van der Waals surface area (Å²) in [5.41, 5.74) is 0.0624. The second kappa shape index (κ2) is 17.2. The highest BCUT2D eigenvalue weighted by molar-refractivity contribution is 5.87. The van der Waals surface area contributed by atoms with E-state index in [-0.39, 0.29) is 31.3 Å². The molecule has 7 rings (SSSR count). The summed E-state index contributed by atoms with van der Waals surface area (Å²) in [6, 6.07) is 9.38. The van der Waals surface area contributed by atoms with Gasteiger partial charge in [-0.3, -0.25) is 14.4 Å². The second-order valence-corrected chi connectivity index (χ2v) is 16.0. The average molecular weight is 821 g/mol. The van der Waals surface area contributed by atoms with Crippen molar-refractivity contribution in [1.82, 2.24) is 0 Å². The molecule has 0 amide bonds. The zero-order valence-corrected chi connectivity index (χ0v) is 32.7. The molecule has 6 aliphatic rings. The van der Waals surface area contributed by atoms with E-state index in [4.69, 9.17) is 47.4 Å². The maximum absolute atomic E-state index is 14.0. The molecular formula is C40H52O18. The highest BCUT2D eigenvalue weighted by Gasteiger charge is 2.76. The molecule has 18 heteroatoms. The number of aliphatic hydroxyl groups excluding tert-OH is 4. The van der Waals surface area contributed by atoms with E-state index in [0.29, 0.717) is 19.4 Å². The van der Waals surface area contributed by atoms with Gasteiger partial charge >= 0.3 is 23.9 Å². The standard InChI is InChI=1S/C40H52O18/c1-19-17-49-40(15-27(19)54-29(44)13-10-23-8-6-5-7-9-23)39(18-50-39)25-12-11-24(14-26(25)58-40)36(48)57-38-35(34(53-22(4)43)31(46)28(16-41)55-38)56-37-32(47)33(52-21(3)42)30(45)20(2)51-37/h5-10,13,19-20,24-28,30-35,37-38,41,45-47H,11-12,14-18H2,1-4H3/b13-10+/t19-,20-,24+,25+,26-,27+,28-,30-,31-,32-,33+,34+,35-,37+,38+,39+,40+/m1/s1. The van der Waals surface area contributed by atoms with Crippen LogP contribution in [0, 0.1) is 17.8 Å². The molecule has 0 radical (unpaired) electrons. The average Bonchev–Trinajstić information content (AvgIpc) is 3.96. The third kappa shape index (κ3) is 8.41. The Balaban J connectivity index is 1.05. The van der Waals surface area contributed by atoms with Crippen molar-refractivity contribution in [2.24, 2.45) is 17.8 Å². The van der Waals surface area contributed by atoms with Crippen LogP contribution in [0.25, 0.3) is 6.08 Å². The maximum Gasteiger partial charge on any atom is 0.331 e. The SMILES string of the molecule is CC(=O)O[C@@H]1[C@@H](O)[C@H](O[C@H]2[C@H](OC(=O)[C@H]3CC[C@H]4[C@@H](C3)O[C@@]3(C[C@H](OC(=O)/C=C/c5ccccc5)[C@H](C)CO3)[C@]43CO3)O[C@H](CO)[C@@H](O)[C@@H]2OC(C)=O)O[C@H](C)[C@H]1O. The fourth-order valence-electron chi connectivity index (χ4n) is 8.91. The molecule has 1 saturated carbocycles. The van der Waals surface area contributed by atoms with Gasteiger partial charge in [0.05, 0.1) is 37.9 Å². The van der Waals surface area contributed by atoms with Crippen molar-refractivity contribution >= 4 is 30.0 Å². The fraction of sp³-hybridized carbons (Fsp3) is 0.700. The fourth-order valence-corrected chi connectivity index (χ4v) is 8.91. The zero-order valence-electron chi connectivity index (χ0n) is 32.7. The lowest BCUT2D eigenvalue weighted by molar-refractivity contribution is -0.360. The van der Waals surface area contributed by atoms with E-state index in [1.165, 1.54) is 13.0 Å². The molecule has 4 N–H and O–H groups in total. The lowest BCUT2D eigenvalue weighted by Gasteiger charge is -2.46. The van der Waals surface area contributed by atoms with Crippen molar-refractivity contribution in [2.45, 2.75) is 138 Å². The van der Waals surface area contributed by atoms with Crippen molar-refractivity contribution in [3.05, 3.63) is 42.0 Å². The highest BCUT2D eigenvalue weighted by Crippen LogP contribution is 2.62. The molecule has 5 heterocycles. The number of ether oxygens (including phenoxy) is 10. The van der Waals surface area contributed by atoms with Crippen LogP contribution in [0.5, 0.6) is 0 Å². The molecule has 17 atom stereocenters. The Kier molecular flexibility index (Phi) is 12.6. The number of carbonyl (C=O) groups excluding carboxylic acids is 4. The van der Waals surface area contributed by atoms with Gasteiger partial charge in [-0.1, -0.05) is 37.3 Å². The highest BCUT2D eigenvalue weighted by atomic mass is 16.8. The van der Waals surface area contributed by atoms with Crippen LogP contribution in [0.15, 0.2) is 36.4 Å². The van der Waals surface area contributed by atoms with E-state index in [9.17, 15) is 39.6 Å². The van der Waals surface area contributed by atoms with Crippen molar-refractivity contribution in [2.75, 3.05) is 19.8 Å². The Morgan fingerprint density at radius 1 is 0.845 bits per heavy atom. The molecule has 0 aromatic heterocycles. The van der Waals surface area contributed by atoms with Crippen LogP contribution < -0.4 is 0 Å². The summed E-state index contributed by atoms with van der Waals surface area (Å²) in [5.74, 6) is -5.13. The quantitative estimate of drug-likeness (QED) is 0.107. The van der Waals surface area contributed by atoms with Crippen LogP contribution in [0.4, 0.5) is 0 Å². The third-order valence-corrected chi connectivity index (χ3v) is 12.0. The van der Waals surface area contributed by atoms with Gasteiger partial charge in [0.2, 0.25) is 12.1 Å². The summed E-state index contributed by atoms with van der Waals surface area (Å²) in [6.07, 6.45) is -12.2. The van der Waals surface area contributed by atoms with E-state index >= 15 is 0 Å². The number of hydrogen-bond donors (Lipinski definition) is 4. The number of rotatable bonds is 10. The summed E-state index contributed by atoms with van der Waals surface area (Å²) in [7, 11) is 0. The van der Waals surface area contributed by atoms with Gasteiger partial charge in [-0.2, -0.15) is 0 Å². The molecule has 2 spiro atoms. The number of esters is 4. The van der Waals surface area contributed by atoms with Crippen LogP contribution in [-0.2, 0) is 66.5 Å². The van der Waals surface area contributed by atoms with Gasteiger partial charge in [0.15, 0.2) is 30.2 Å². The molecule has 1 aromatic carbocycles. The Hall–Kier alpha value is -3.56. The second-order valence-electron chi connectivity index (χ2n) is 16.0. The van der Waals surface area contributed by atoms with E-state index in [0.717, 1.165) is 19.4 Å². The molecule has 6 fully saturated rings. The van der Waals surface area contributed by atoms with Gasteiger partial charge < -0.3 is 67.8 Å². The molecule has 58 heavy (non-hydrogen) atoms. The molecule has 5 saturated heterocycles. The Bertz CT molecular complexity index is 1680. The summed E-state index contributed by atoms with van der Waals surface area (Å²) in [5, 5.41) is 42.8. The van der Waals surface area contributed by atoms with Gasteiger partial charge in [0.1, 0.15) is 30.5 Å². The van der Waals surface area contributed by atoms with Crippen molar-refractivity contribution < 1.29 is 87.0 Å². The van der Waals surface area contributed by atoms with E-state index in [1.807, 2.05) is 37.3 Å². The van der Waals surface area contributed by atoms with Gasteiger partial charge in [-0.25, -0.2) is 4.79 Å². The summed E-state index contributed by atoms with van der Waals surface area (Å²) >= 11 is 0. The lowest BCUT2D eigenvalue weighted by Crippen LogP contribution is -2.65. The van der Waals surface area contributed by atoms with E-state index < -0.39 is 121 Å². The summed E-state index contributed by atoms with van der Waals surface area (Å²) in [4.78, 5) is 50.9. The first-order valence-electron chi connectivity index (χ1n) is 19.7. The molecule has 0 bridgehead atoms. The molecule has 5 aliphatic heterocycles. The molecule has 1 aliphatic carbocycles. The van der Waals surface area contributed by atoms with Crippen molar-refractivity contribution in [3.63, 3.8) is 0 Å². The number of aliphatic hydroxyl groups is 4. The monoisotopic (exact) mass is 820 g/mol. The van der Waals surface area contributed by atoms with Gasteiger partial charge in [-0.05, 0) is 37.8 Å².